The number of amides is 1. The van der Waals surface area contributed by atoms with Gasteiger partial charge in [-0.05, 0) is 37.6 Å². The Labute approximate surface area is 162 Å². The molecular formula is C21H33NO5. The highest BCUT2D eigenvalue weighted by atomic mass is 16.5. The molecule has 0 fully saturated rings. The lowest BCUT2D eigenvalue weighted by molar-refractivity contribution is -0.146. The second-order valence-electron chi connectivity index (χ2n) is 6.52. The van der Waals surface area contributed by atoms with Gasteiger partial charge >= 0.3 is 5.97 Å². The minimum Gasteiger partial charge on any atom is -0.494 e. The SMILES string of the molecule is CCCCCCN(CC(C)C(=O)OC)C(=O)COc1ccc(OCC)cc1. The molecule has 0 aliphatic rings. The number of benzene rings is 1. The highest BCUT2D eigenvalue weighted by molar-refractivity contribution is 5.79. The van der Waals surface area contributed by atoms with Crippen molar-refractivity contribution in [2.75, 3.05) is 33.4 Å². The first-order chi connectivity index (χ1) is 13.0. The number of hydrogen-bond acceptors (Lipinski definition) is 5. The van der Waals surface area contributed by atoms with Gasteiger partial charge in [0.2, 0.25) is 0 Å². The van der Waals surface area contributed by atoms with Gasteiger partial charge in [-0.15, -0.1) is 0 Å². The van der Waals surface area contributed by atoms with Gasteiger partial charge in [-0.25, -0.2) is 0 Å². The van der Waals surface area contributed by atoms with Crippen LogP contribution in [0, 0.1) is 5.92 Å². The van der Waals surface area contributed by atoms with Crippen LogP contribution in [0.3, 0.4) is 0 Å². The maximum Gasteiger partial charge on any atom is 0.310 e. The number of methoxy groups -OCH3 is 1. The van der Waals surface area contributed by atoms with E-state index in [1.54, 1.807) is 24.0 Å². The van der Waals surface area contributed by atoms with Gasteiger partial charge in [0.05, 0.1) is 19.6 Å². The van der Waals surface area contributed by atoms with Crippen LogP contribution in [0.15, 0.2) is 24.3 Å². The molecule has 0 saturated carbocycles. The number of unbranched alkanes of at least 4 members (excludes halogenated alkanes) is 3. The van der Waals surface area contributed by atoms with E-state index in [2.05, 4.69) is 6.92 Å². The maximum absolute atomic E-state index is 12.6. The predicted molar refractivity (Wildman–Crippen MR) is 105 cm³/mol. The standard InChI is InChI=1S/C21H33NO5/c1-5-7-8-9-14-22(15-17(3)21(24)25-4)20(23)16-27-19-12-10-18(11-13-19)26-6-2/h10-13,17H,5-9,14-16H2,1-4H3. The summed E-state index contributed by atoms with van der Waals surface area (Å²) < 4.78 is 15.8. The molecule has 1 amide bonds. The highest BCUT2D eigenvalue weighted by Gasteiger charge is 2.21. The number of hydrogen-bond donors (Lipinski definition) is 0. The van der Waals surface area contributed by atoms with Gasteiger partial charge in [0.25, 0.3) is 5.91 Å². The summed E-state index contributed by atoms with van der Waals surface area (Å²) in [6, 6.07) is 7.18. The van der Waals surface area contributed by atoms with Gasteiger partial charge < -0.3 is 19.1 Å². The van der Waals surface area contributed by atoms with Crippen LogP contribution in [0.25, 0.3) is 0 Å². The fourth-order valence-corrected chi connectivity index (χ4v) is 2.69. The molecule has 0 bridgehead atoms. The summed E-state index contributed by atoms with van der Waals surface area (Å²) in [5, 5.41) is 0. The molecule has 1 rings (SSSR count). The van der Waals surface area contributed by atoms with Crippen LogP contribution in [0.4, 0.5) is 0 Å². The molecule has 0 heterocycles. The molecule has 0 spiro atoms. The van der Waals surface area contributed by atoms with Gasteiger partial charge in [0.15, 0.2) is 6.61 Å². The van der Waals surface area contributed by atoms with Crippen molar-refractivity contribution in [3.63, 3.8) is 0 Å². The third kappa shape index (κ3) is 8.80. The molecule has 0 saturated heterocycles. The van der Waals surface area contributed by atoms with Gasteiger partial charge in [-0.3, -0.25) is 9.59 Å². The zero-order valence-electron chi connectivity index (χ0n) is 17.0. The van der Waals surface area contributed by atoms with Crippen LogP contribution in [0.1, 0.15) is 46.5 Å². The molecule has 1 aromatic carbocycles. The van der Waals surface area contributed by atoms with E-state index < -0.39 is 0 Å². The maximum atomic E-state index is 12.6. The number of carbonyl (C=O) groups is 2. The molecule has 27 heavy (non-hydrogen) atoms. The van der Waals surface area contributed by atoms with E-state index in [0.29, 0.717) is 25.4 Å². The number of carbonyl (C=O) groups excluding carboxylic acids is 2. The van der Waals surface area contributed by atoms with Gasteiger partial charge in [0.1, 0.15) is 11.5 Å². The zero-order chi connectivity index (χ0) is 20.1. The van der Waals surface area contributed by atoms with Gasteiger partial charge in [-0.2, -0.15) is 0 Å². The first-order valence-electron chi connectivity index (χ1n) is 9.73. The molecule has 1 unspecified atom stereocenters. The lowest BCUT2D eigenvalue weighted by atomic mass is 10.1. The normalized spacial score (nSPS) is 11.6. The average Bonchev–Trinajstić information content (AvgIpc) is 2.68. The molecule has 6 nitrogen and oxygen atoms in total. The molecule has 0 aliphatic heterocycles. The number of rotatable bonds is 13. The second kappa shape index (κ2) is 13.0. The third-order valence-corrected chi connectivity index (χ3v) is 4.23. The Bertz CT molecular complexity index is 558. The summed E-state index contributed by atoms with van der Waals surface area (Å²) in [5.41, 5.74) is 0. The largest absolute Gasteiger partial charge is 0.494 e. The first kappa shape index (κ1) is 22.8. The number of ether oxygens (including phenoxy) is 3. The van der Waals surface area contributed by atoms with Gasteiger partial charge in [-0.1, -0.05) is 33.1 Å². The monoisotopic (exact) mass is 379 g/mol. The molecule has 0 N–H and O–H groups in total. The summed E-state index contributed by atoms with van der Waals surface area (Å²) in [7, 11) is 1.36. The summed E-state index contributed by atoms with van der Waals surface area (Å²) in [5.74, 6) is 0.569. The predicted octanol–water partition coefficient (Wildman–Crippen LogP) is 3.68. The van der Waals surface area contributed by atoms with Crippen molar-refractivity contribution in [3.8, 4) is 11.5 Å². The molecule has 1 aromatic rings. The van der Waals surface area contributed by atoms with E-state index in [-0.39, 0.29) is 24.4 Å². The van der Waals surface area contributed by atoms with Crippen LogP contribution in [0.5, 0.6) is 11.5 Å². The molecule has 6 heteroatoms. The molecular weight excluding hydrogens is 346 g/mol. The quantitative estimate of drug-likeness (QED) is 0.386. The molecule has 0 aromatic heterocycles. The fraction of sp³-hybridized carbons (Fsp3) is 0.619. The topological polar surface area (TPSA) is 65.1 Å². The first-order valence-corrected chi connectivity index (χ1v) is 9.73. The van der Waals surface area contributed by atoms with Crippen LogP contribution in [0.2, 0.25) is 0 Å². The second-order valence-corrected chi connectivity index (χ2v) is 6.52. The van der Waals surface area contributed by atoms with Crippen molar-refractivity contribution >= 4 is 11.9 Å². The van der Waals surface area contributed by atoms with E-state index >= 15 is 0 Å². The molecule has 1 atom stereocenters. The van der Waals surface area contributed by atoms with Crippen LogP contribution >= 0.6 is 0 Å². The molecule has 152 valence electrons. The van der Waals surface area contributed by atoms with Crippen molar-refractivity contribution in [3.05, 3.63) is 24.3 Å². The molecule has 0 aliphatic carbocycles. The summed E-state index contributed by atoms with van der Waals surface area (Å²) in [4.78, 5) is 26.0. The Kier molecular flexibility index (Phi) is 11.0. The minimum absolute atomic E-state index is 0.0599. The minimum atomic E-state index is -0.365. The van der Waals surface area contributed by atoms with Crippen LogP contribution < -0.4 is 9.47 Å². The van der Waals surface area contributed by atoms with Crippen molar-refractivity contribution in [1.82, 2.24) is 4.90 Å². The lowest BCUT2D eigenvalue weighted by Gasteiger charge is -2.25. The lowest BCUT2D eigenvalue weighted by Crippen LogP contribution is -2.40. The number of nitrogens with zero attached hydrogens (tertiary/aromatic N) is 1. The van der Waals surface area contributed by atoms with E-state index in [0.717, 1.165) is 31.4 Å². The van der Waals surface area contributed by atoms with Crippen molar-refractivity contribution in [2.45, 2.75) is 46.5 Å². The Morgan fingerprint density at radius 2 is 1.63 bits per heavy atom. The van der Waals surface area contributed by atoms with Crippen LogP contribution in [-0.2, 0) is 14.3 Å². The fourth-order valence-electron chi connectivity index (χ4n) is 2.69. The van der Waals surface area contributed by atoms with Crippen LogP contribution in [-0.4, -0.2) is 50.2 Å². The summed E-state index contributed by atoms with van der Waals surface area (Å²) in [6.45, 7) is 7.34. The van der Waals surface area contributed by atoms with E-state index in [1.807, 2.05) is 19.1 Å². The van der Waals surface area contributed by atoms with Crippen molar-refractivity contribution in [1.29, 1.82) is 0 Å². The Morgan fingerprint density at radius 1 is 1.00 bits per heavy atom. The van der Waals surface area contributed by atoms with E-state index in [9.17, 15) is 9.59 Å². The van der Waals surface area contributed by atoms with Gasteiger partial charge in [0, 0.05) is 13.1 Å². The Balaban J connectivity index is 2.60. The number of esters is 1. The zero-order valence-corrected chi connectivity index (χ0v) is 17.0. The Hall–Kier alpha value is -2.24. The van der Waals surface area contributed by atoms with Crippen molar-refractivity contribution < 1.29 is 23.8 Å². The third-order valence-electron chi connectivity index (χ3n) is 4.23. The average molecular weight is 379 g/mol. The van der Waals surface area contributed by atoms with E-state index in [4.69, 9.17) is 14.2 Å². The summed E-state index contributed by atoms with van der Waals surface area (Å²) >= 11 is 0. The smallest absolute Gasteiger partial charge is 0.310 e. The van der Waals surface area contributed by atoms with Crippen molar-refractivity contribution in [2.24, 2.45) is 5.92 Å². The van der Waals surface area contributed by atoms with E-state index in [1.165, 1.54) is 7.11 Å². The summed E-state index contributed by atoms with van der Waals surface area (Å²) in [6.07, 6.45) is 4.24. The Morgan fingerprint density at radius 3 is 2.19 bits per heavy atom. The molecule has 0 radical (unpaired) electrons. The highest BCUT2D eigenvalue weighted by Crippen LogP contribution is 2.17.